The highest BCUT2D eigenvalue weighted by Gasteiger charge is 2.20. The van der Waals surface area contributed by atoms with E-state index in [1.807, 2.05) is 0 Å². The highest BCUT2D eigenvalue weighted by molar-refractivity contribution is 5.92. The van der Waals surface area contributed by atoms with Crippen LogP contribution in [0.5, 0.6) is 5.75 Å². The Balaban J connectivity index is 2.37. The Morgan fingerprint density at radius 2 is 1.91 bits per heavy atom. The summed E-state index contributed by atoms with van der Waals surface area (Å²) in [6, 6.07) is 4.69. The summed E-state index contributed by atoms with van der Waals surface area (Å²) in [5, 5.41) is 9.44. The van der Waals surface area contributed by atoms with E-state index in [1.165, 1.54) is 24.3 Å². The summed E-state index contributed by atoms with van der Waals surface area (Å²) in [7, 11) is 0. The number of phenolic OH excluding ortho intramolecular Hbond substituents is 1. The minimum absolute atomic E-state index is 0.0484. The first-order valence-corrected chi connectivity index (χ1v) is 6.43. The van der Waals surface area contributed by atoms with E-state index in [4.69, 9.17) is 17.2 Å². The molecule has 0 aliphatic heterocycles. The molecule has 0 fully saturated rings. The fourth-order valence-electron chi connectivity index (χ4n) is 1.47. The molecule has 0 heterocycles. The molecule has 0 aliphatic rings. The SMILES string of the molecule is NC(N)=NCCC[C@H](N)C(=O)OOC(=O)c1ccccc1O. The van der Waals surface area contributed by atoms with Crippen LogP contribution in [-0.2, 0) is 14.6 Å². The Bertz CT molecular complexity index is 557. The van der Waals surface area contributed by atoms with Crippen molar-refractivity contribution in [2.24, 2.45) is 22.2 Å². The first-order chi connectivity index (χ1) is 10.4. The van der Waals surface area contributed by atoms with Crippen LogP contribution in [0, 0.1) is 0 Å². The van der Waals surface area contributed by atoms with E-state index >= 15 is 0 Å². The molecule has 9 heteroatoms. The smallest absolute Gasteiger partial charge is 0.390 e. The average Bonchev–Trinajstić information content (AvgIpc) is 2.48. The topological polar surface area (TPSA) is 163 Å². The molecule has 1 aromatic rings. The second-order valence-electron chi connectivity index (χ2n) is 4.35. The van der Waals surface area contributed by atoms with Gasteiger partial charge in [-0.3, -0.25) is 4.99 Å². The number of para-hydroxylation sites is 1. The van der Waals surface area contributed by atoms with Crippen LogP contribution in [0.1, 0.15) is 23.2 Å². The molecule has 9 nitrogen and oxygen atoms in total. The molecule has 0 saturated carbocycles. The number of rotatable bonds is 6. The molecular weight excluding hydrogens is 292 g/mol. The summed E-state index contributed by atoms with van der Waals surface area (Å²) >= 11 is 0. The minimum atomic E-state index is -1.00. The Morgan fingerprint density at radius 1 is 1.23 bits per heavy atom. The lowest BCUT2D eigenvalue weighted by Crippen LogP contribution is -2.33. The quantitative estimate of drug-likeness (QED) is 0.178. The number of nitrogens with two attached hydrogens (primary N) is 3. The predicted molar refractivity (Wildman–Crippen MR) is 77.5 cm³/mol. The van der Waals surface area contributed by atoms with Gasteiger partial charge in [0.2, 0.25) is 0 Å². The number of nitrogens with zero attached hydrogens (tertiary/aromatic N) is 1. The van der Waals surface area contributed by atoms with E-state index < -0.39 is 18.0 Å². The van der Waals surface area contributed by atoms with Crippen molar-refractivity contribution >= 4 is 17.9 Å². The van der Waals surface area contributed by atoms with E-state index in [0.29, 0.717) is 13.0 Å². The summed E-state index contributed by atoms with van der Waals surface area (Å²) in [6.07, 6.45) is 0.714. The maximum Gasteiger partial charge on any atom is 0.390 e. The summed E-state index contributed by atoms with van der Waals surface area (Å²) < 4.78 is 0. The maximum atomic E-state index is 11.6. The van der Waals surface area contributed by atoms with Crippen molar-refractivity contribution in [3.05, 3.63) is 29.8 Å². The van der Waals surface area contributed by atoms with Crippen LogP contribution in [0.25, 0.3) is 0 Å². The number of phenols is 1. The third-order valence-corrected chi connectivity index (χ3v) is 2.59. The van der Waals surface area contributed by atoms with Gasteiger partial charge in [-0.2, -0.15) is 0 Å². The van der Waals surface area contributed by atoms with Crippen LogP contribution >= 0.6 is 0 Å². The standard InChI is InChI=1S/C13H18N4O5/c14-9(5-3-7-17-13(15)16)12(20)22-21-11(19)8-4-1-2-6-10(8)18/h1-2,4,6,9,18H,3,5,7,14H2,(H4,15,16,17)/t9-/m0/s1. The highest BCUT2D eigenvalue weighted by Crippen LogP contribution is 2.16. The zero-order valence-corrected chi connectivity index (χ0v) is 11.8. The highest BCUT2D eigenvalue weighted by atomic mass is 17.2. The Hall–Kier alpha value is -2.81. The number of carbonyl (C=O) groups excluding carboxylic acids is 2. The van der Waals surface area contributed by atoms with Crippen molar-refractivity contribution in [2.45, 2.75) is 18.9 Å². The van der Waals surface area contributed by atoms with E-state index in [-0.39, 0.29) is 23.7 Å². The van der Waals surface area contributed by atoms with Gasteiger partial charge < -0.3 is 22.3 Å². The summed E-state index contributed by atoms with van der Waals surface area (Å²) in [4.78, 5) is 35.5. The second-order valence-corrected chi connectivity index (χ2v) is 4.35. The summed E-state index contributed by atoms with van der Waals surface area (Å²) in [5.41, 5.74) is 15.7. The molecule has 22 heavy (non-hydrogen) atoms. The van der Waals surface area contributed by atoms with Gasteiger partial charge in [0, 0.05) is 6.54 Å². The van der Waals surface area contributed by atoms with Crippen molar-refractivity contribution in [1.29, 1.82) is 0 Å². The number of carbonyl (C=O) groups is 2. The van der Waals surface area contributed by atoms with Crippen LogP contribution in [0.4, 0.5) is 0 Å². The van der Waals surface area contributed by atoms with Crippen LogP contribution in [-0.4, -0.2) is 35.6 Å². The van der Waals surface area contributed by atoms with E-state index in [0.717, 1.165) is 0 Å². The molecule has 1 atom stereocenters. The third kappa shape index (κ3) is 5.67. The molecule has 0 spiro atoms. The first-order valence-electron chi connectivity index (χ1n) is 6.43. The lowest BCUT2D eigenvalue weighted by Gasteiger charge is -2.09. The molecule has 0 saturated heterocycles. The lowest BCUT2D eigenvalue weighted by atomic mass is 10.2. The second kappa shape index (κ2) is 8.47. The van der Waals surface area contributed by atoms with Crippen molar-refractivity contribution in [3.63, 3.8) is 0 Å². The van der Waals surface area contributed by atoms with Gasteiger partial charge in [-0.15, -0.1) is 0 Å². The molecule has 0 bridgehead atoms. The van der Waals surface area contributed by atoms with Gasteiger partial charge in [-0.05, 0) is 25.0 Å². The fraction of sp³-hybridized carbons (Fsp3) is 0.308. The van der Waals surface area contributed by atoms with Gasteiger partial charge in [0.15, 0.2) is 5.96 Å². The van der Waals surface area contributed by atoms with Gasteiger partial charge >= 0.3 is 11.9 Å². The molecule has 7 N–H and O–H groups in total. The normalized spacial score (nSPS) is 11.3. The zero-order chi connectivity index (χ0) is 16.5. The molecule has 0 radical (unpaired) electrons. The molecule has 0 aromatic heterocycles. The summed E-state index contributed by atoms with van der Waals surface area (Å²) in [5.74, 6) is -2.24. The van der Waals surface area contributed by atoms with Crippen molar-refractivity contribution < 1.29 is 24.5 Å². The van der Waals surface area contributed by atoms with Gasteiger partial charge in [-0.1, -0.05) is 12.1 Å². The van der Waals surface area contributed by atoms with Gasteiger partial charge in [0.25, 0.3) is 0 Å². The molecule has 0 aliphatic carbocycles. The van der Waals surface area contributed by atoms with E-state index in [2.05, 4.69) is 14.8 Å². The zero-order valence-electron chi connectivity index (χ0n) is 11.8. The molecule has 1 rings (SSSR count). The van der Waals surface area contributed by atoms with E-state index in [1.54, 1.807) is 0 Å². The summed E-state index contributed by atoms with van der Waals surface area (Å²) in [6.45, 7) is 0.320. The molecule has 120 valence electrons. The fourth-order valence-corrected chi connectivity index (χ4v) is 1.47. The molecule has 0 unspecified atom stereocenters. The van der Waals surface area contributed by atoms with Crippen LogP contribution < -0.4 is 17.2 Å². The van der Waals surface area contributed by atoms with Crippen LogP contribution in [0.15, 0.2) is 29.3 Å². The molecular formula is C13H18N4O5. The Kier molecular flexibility index (Phi) is 6.64. The monoisotopic (exact) mass is 310 g/mol. The van der Waals surface area contributed by atoms with Gasteiger partial charge in [0.1, 0.15) is 17.4 Å². The maximum absolute atomic E-state index is 11.6. The predicted octanol–water partition coefficient (Wildman–Crippen LogP) is -0.612. The number of benzene rings is 1. The van der Waals surface area contributed by atoms with Crippen molar-refractivity contribution in [3.8, 4) is 5.75 Å². The van der Waals surface area contributed by atoms with E-state index in [9.17, 15) is 14.7 Å². The number of aliphatic imine (C=N–C) groups is 1. The molecule has 1 aromatic carbocycles. The van der Waals surface area contributed by atoms with Crippen LogP contribution in [0.3, 0.4) is 0 Å². The number of hydrogen-bond donors (Lipinski definition) is 4. The first kappa shape index (κ1) is 17.2. The van der Waals surface area contributed by atoms with Gasteiger partial charge in [0.05, 0.1) is 0 Å². The van der Waals surface area contributed by atoms with Crippen molar-refractivity contribution in [2.75, 3.05) is 6.54 Å². The molecule has 0 amide bonds. The van der Waals surface area contributed by atoms with Crippen molar-refractivity contribution in [1.82, 2.24) is 0 Å². The average molecular weight is 310 g/mol. The van der Waals surface area contributed by atoms with Gasteiger partial charge in [-0.25, -0.2) is 19.4 Å². The largest absolute Gasteiger partial charge is 0.507 e. The Morgan fingerprint density at radius 3 is 2.55 bits per heavy atom. The van der Waals surface area contributed by atoms with Crippen LogP contribution in [0.2, 0.25) is 0 Å². The number of hydrogen-bond acceptors (Lipinski definition) is 7. The Labute approximate surface area is 126 Å². The lowest BCUT2D eigenvalue weighted by molar-refractivity contribution is -0.235. The number of guanidine groups is 1. The minimum Gasteiger partial charge on any atom is -0.507 e. The number of aromatic hydroxyl groups is 1. The third-order valence-electron chi connectivity index (χ3n) is 2.59.